The molecule has 0 aliphatic carbocycles. The minimum absolute atomic E-state index is 0.0842. The van der Waals surface area contributed by atoms with Gasteiger partial charge in [0.1, 0.15) is 6.07 Å². The van der Waals surface area contributed by atoms with Gasteiger partial charge >= 0.3 is 0 Å². The molecule has 0 unspecified atom stereocenters. The number of carbonyl (C=O) groups is 1. The molecule has 0 spiro atoms. The van der Waals surface area contributed by atoms with E-state index in [1.165, 1.54) is 0 Å². The lowest BCUT2D eigenvalue weighted by atomic mass is 10.1. The van der Waals surface area contributed by atoms with Crippen LogP contribution in [0.2, 0.25) is 0 Å². The van der Waals surface area contributed by atoms with E-state index in [9.17, 15) is 10.1 Å². The fraction of sp³-hybridized carbons (Fsp3) is 0.312. The number of aromatic nitrogens is 1. The normalized spacial score (nSPS) is 10.6. The van der Waals surface area contributed by atoms with Crippen LogP contribution in [0.15, 0.2) is 30.5 Å². The Labute approximate surface area is 124 Å². The van der Waals surface area contributed by atoms with E-state index in [2.05, 4.69) is 24.9 Å². The molecule has 1 amide bonds. The average molecular weight is 282 g/mol. The number of rotatable bonds is 5. The molecule has 0 radical (unpaired) electrons. The number of carbonyl (C=O) groups excluding carboxylic acids is 1. The standard InChI is InChI=1S/C16H18N4O/c1-11(2)9-20(10-15(18)21)16-12(7-17)8-19-14-6-4-3-5-13(14)16/h3-6,8,11H,9-10H2,1-2H3,(H2,18,21). The number of pyridine rings is 1. The predicted molar refractivity (Wildman–Crippen MR) is 82.7 cm³/mol. The van der Waals surface area contributed by atoms with Crippen molar-refractivity contribution in [1.29, 1.82) is 5.26 Å². The largest absolute Gasteiger partial charge is 0.368 e. The van der Waals surface area contributed by atoms with Gasteiger partial charge in [0.15, 0.2) is 0 Å². The molecule has 1 heterocycles. The number of amides is 1. The highest BCUT2D eigenvalue weighted by atomic mass is 16.1. The molecule has 0 bridgehead atoms. The Hall–Kier alpha value is -2.61. The van der Waals surface area contributed by atoms with Crippen LogP contribution in [-0.2, 0) is 4.79 Å². The maximum Gasteiger partial charge on any atom is 0.236 e. The second-order valence-electron chi connectivity index (χ2n) is 5.39. The molecule has 0 saturated heterocycles. The molecule has 21 heavy (non-hydrogen) atoms. The molecule has 0 fully saturated rings. The van der Waals surface area contributed by atoms with Crippen LogP contribution >= 0.6 is 0 Å². The van der Waals surface area contributed by atoms with Crippen LogP contribution in [0.3, 0.4) is 0 Å². The lowest BCUT2D eigenvalue weighted by molar-refractivity contribution is -0.116. The Bertz CT molecular complexity index is 703. The fourth-order valence-electron chi connectivity index (χ4n) is 2.41. The second-order valence-corrected chi connectivity index (χ2v) is 5.39. The lowest BCUT2D eigenvalue weighted by Gasteiger charge is -2.27. The maximum absolute atomic E-state index is 11.4. The Morgan fingerprint density at radius 3 is 2.76 bits per heavy atom. The van der Waals surface area contributed by atoms with E-state index in [0.717, 1.165) is 16.6 Å². The third-order valence-corrected chi connectivity index (χ3v) is 3.12. The van der Waals surface area contributed by atoms with Crippen molar-refractivity contribution < 1.29 is 4.79 Å². The molecule has 0 aliphatic heterocycles. The molecular formula is C16H18N4O. The van der Waals surface area contributed by atoms with Gasteiger partial charge in [0.25, 0.3) is 0 Å². The van der Waals surface area contributed by atoms with Gasteiger partial charge in [-0.2, -0.15) is 5.26 Å². The highest BCUT2D eigenvalue weighted by molar-refractivity contribution is 5.96. The zero-order valence-electron chi connectivity index (χ0n) is 12.2. The minimum Gasteiger partial charge on any atom is -0.368 e. The van der Waals surface area contributed by atoms with Crippen molar-refractivity contribution in [3.8, 4) is 6.07 Å². The van der Waals surface area contributed by atoms with E-state index in [1.54, 1.807) is 6.20 Å². The SMILES string of the molecule is CC(C)CN(CC(N)=O)c1c(C#N)cnc2ccccc12. The van der Waals surface area contributed by atoms with Crippen molar-refractivity contribution in [2.75, 3.05) is 18.0 Å². The average Bonchev–Trinajstić information content (AvgIpc) is 2.44. The Morgan fingerprint density at radius 1 is 1.43 bits per heavy atom. The van der Waals surface area contributed by atoms with Gasteiger partial charge in [0.05, 0.1) is 23.3 Å². The molecule has 5 heteroatoms. The summed E-state index contributed by atoms with van der Waals surface area (Å²) in [6.07, 6.45) is 1.55. The zero-order valence-corrected chi connectivity index (χ0v) is 12.2. The van der Waals surface area contributed by atoms with Crippen molar-refractivity contribution in [3.63, 3.8) is 0 Å². The number of fused-ring (bicyclic) bond motifs is 1. The van der Waals surface area contributed by atoms with Crippen molar-refractivity contribution in [2.45, 2.75) is 13.8 Å². The molecule has 0 aliphatic rings. The molecular weight excluding hydrogens is 264 g/mol. The third-order valence-electron chi connectivity index (χ3n) is 3.12. The summed E-state index contributed by atoms with van der Waals surface area (Å²) in [5.41, 5.74) is 7.35. The van der Waals surface area contributed by atoms with Gasteiger partial charge in [-0.1, -0.05) is 32.0 Å². The van der Waals surface area contributed by atoms with Gasteiger partial charge < -0.3 is 10.6 Å². The van der Waals surface area contributed by atoms with E-state index in [4.69, 9.17) is 5.73 Å². The first-order valence-corrected chi connectivity index (χ1v) is 6.84. The summed E-state index contributed by atoms with van der Waals surface area (Å²) in [5.74, 6) is -0.0803. The summed E-state index contributed by atoms with van der Waals surface area (Å²) in [5, 5.41) is 10.2. The van der Waals surface area contributed by atoms with Crippen molar-refractivity contribution in [2.24, 2.45) is 11.7 Å². The smallest absolute Gasteiger partial charge is 0.236 e. The number of nitriles is 1. The van der Waals surface area contributed by atoms with Crippen LogP contribution < -0.4 is 10.6 Å². The number of nitrogens with zero attached hydrogens (tertiary/aromatic N) is 3. The van der Waals surface area contributed by atoms with Crippen LogP contribution in [0.4, 0.5) is 5.69 Å². The fourth-order valence-corrected chi connectivity index (χ4v) is 2.41. The Balaban J connectivity index is 2.64. The topological polar surface area (TPSA) is 83.0 Å². The number of para-hydroxylation sites is 1. The molecule has 0 atom stereocenters. The van der Waals surface area contributed by atoms with Crippen LogP contribution in [0.25, 0.3) is 10.9 Å². The summed E-state index contributed by atoms with van der Waals surface area (Å²) in [6.45, 7) is 4.85. The van der Waals surface area contributed by atoms with E-state index < -0.39 is 5.91 Å². The summed E-state index contributed by atoms with van der Waals surface area (Å²) < 4.78 is 0. The summed E-state index contributed by atoms with van der Waals surface area (Å²) in [7, 11) is 0. The monoisotopic (exact) mass is 282 g/mol. The molecule has 2 rings (SSSR count). The first-order valence-electron chi connectivity index (χ1n) is 6.84. The third kappa shape index (κ3) is 3.29. The van der Waals surface area contributed by atoms with Gasteiger partial charge in [-0.05, 0) is 12.0 Å². The first kappa shape index (κ1) is 14.8. The van der Waals surface area contributed by atoms with Crippen LogP contribution in [0.5, 0.6) is 0 Å². The quantitative estimate of drug-likeness (QED) is 0.909. The summed E-state index contributed by atoms with van der Waals surface area (Å²) >= 11 is 0. The molecule has 1 aromatic carbocycles. The summed E-state index contributed by atoms with van der Waals surface area (Å²) in [6, 6.07) is 9.74. The molecule has 5 nitrogen and oxygen atoms in total. The Morgan fingerprint density at radius 2 is 2.14 bits per heavy atom. The van der Waals surface area contributed by atoms with Crippen LogP contribution in [0.1, 0.15) is 19.4 Å². The lowest BCUT2D eigenvalue weighted by Crippen LogP contribution is -2.36. The molecule has 2 N–H and O–H groups in total. The van der Waals surface area contributed by atoms with E-state index in [1.807, 2.05) is 29.2 Å². The Kier molecular flexibility index (Phi) is 4.39. The van der Waals surface area contributed by atoms with Gasteiger partial charge in [0, 0.05) is 18.1 Å². The van der Waals surface area contributed by atoms with E-state index in [-0.39, 0.29) is 6.54 Å². The number of anilines is 1. The number of hydrogen-bond donors (Lipinski definition) is 1. The predicted octanol–water partition coefficient (Wildman–Crippen LogP) is 2.05. The highest BCUT2D eigenvalue weighted by Gasteiger charge is 2.18. The van der Waals surface area contributed by atoms with Crippen LogP contribution in [-0.4, -0.2) is 24.0 Å². The minimum atomic E-state index is -0.416. The molecule has 108 valence electrons. The van der Waals surface area contributed by atoms with Gasteiger partial charge in [0.2, 0.25) is 5.91 Å². The van der Waals surface area contributed by atoms with Crippen LogP contribution in [0, 0.1) is 17.2 Å². The van der Waals surface area contributed by atoms with Gasteiger partial charge in [-0.3, -0.25) is 9.78 Å². The highest BCUT2D eigenvalue weighted by Crippen LogP contribution is 2.29. The molecule has 0 saturated carbocycles. The van der Waals surface area contributed by atoms with Crippen molar-refractivity contribution in [1.82, 2.24) is 4.98 Å². The molecule has 2 aromatic rings. The van der Waals surface area contributed by atoms with Crippen molar-refractivity contribution in [3.05, 3.63) is 36.0 Å². The van der Waals surface area contributed by atoms with E-state index >= 15 is 0 Å². The molecule has 1 aromatic heterocycles. The van der Waals surface area contributed by atoms with Gasteiger partial charge in [-0.15, -0.1) is 0 Å². The zero-order chi connectivity index (χ0) is 15.4. The van der Waals surface area contributed by atoms with E-state index in [0.29, 0.717) is 18.0 Å². The first-order chi connectivity index (χ1) is 10.0. The number of nitrogens with two attached hydrogens (primary N) is 1. The number of primary amides is 1. The van der Waals surface area contributed by atoms with Crippen molar-refractivity contribution >= 4 is 22.5 Å². The number of benzene rings is 1. The summed E-state index contributed by atoms with van der Waals surface area (Å²) in [4.78, 5) is 17.5. The van der Waals surface area contributed by atoms with Gasteiger partial charge in [-0.25, -0.2) is 0 Å². The second kappa shape index (κ2) is 6.23. The number of hydrogen-bond acceptors (Lipinski definition) is 4. The maximum atomic E-state index is 11.4.